The van der Waals surface area contributed by atoms with Crippen molar-refractivity contribution in [3.63, 3.8) is 0 Å². The number of anilines is 1. The highest BCUT2D eigenvalue weighted by Crippen LogP contribution is 2.22. The van der Waals surface area contributed by atoms with Crippen molar-refractivity contribution in [2.45, 2.75) is 40.0 Å². The van der Waals surface area contributed by atoms with Crippen molar-refractivity contribution in [2.24, 2.45) is 4.99 Å². The Hall–Kier alpha value is -2.50. The minimum Gasteiger partial charge on any atom is -0.372 e. The summed E-state index contributed by atoms with van der Waals surface area (Å²) < 4.78 is 5.27. The SMILES string of the molecule is CCN(CCCNC(=NC)NCC(C)c1c(C)noc1C)c1ccccc1. The van der Waals surface area contributed by atoms with Crippen LogP contribution < -0.4 is 15.5 Å². The van der Waals surface area contributed by atoms with Crippen LogP contribution in [0.2, 0.25) is 0 Å². The second-order valence-corrected chi connectivity index (χ2v) is 6.79. The highest BCUT2D eigenvalue weighted by Gasteiger charge is 2.16. The number of nitrogens with zero attached hydrogens (tertiary/aromatic N) is 3. The van der Waals surface area contributed by atoms with Crippen molar-refractivity contribution >= 4 is 11.6 Å². The quantitative estimate of drug-likeness (QED) is 0.401. The van der Waals surface area contributed by atoms with E-state index >= 15 is 0 Å². The number of aryl methyl sites for hydroxylation is 2. The third-order valence-electron chi connectivity index (χ3n) is 4.78. The van der Waals surface area contributed by atoms with E-state index in [1.54, 1.807) is 7.05 Å². The van der Waals surface area contributed by atoms with E-state index < -0.39 is 0 Å². The standard InChI is InChI=1S/C21H33N5O/c1-6-26(19-11-8-7-9-12-19)14-10-13-23-21(22-5)24-15-16(2)20-17(3)25-27-18(20)4/h7-9,11-12,16H,6,10,13-15H2,1-5H3,(H2,22,23,24). The van der Waals surface area contributed by atoms with Crippen LogP contribution in [0.1, 0.15) is 43.2 Å². The third kappa shape index (κ3) is 6.01. The van der Waals surface area contributed by atoms with Crippen LogP contribution in [0.4, 0.5) is 5.69 Å². The molecule has 0 amide bonds. The molecule has 6 nitrogen and oxygen atoms in total. The van der Waals surface area contributed by atoms with Gasteiger partial charge < -0.3 is 20.1 Å². The summed E-state index contributed by atoms with van der Waals surface area (Å²) in [6, 6.07) is 10.5. The van der Waals surface area contributed by atoms with E-state index in [2.05, 4.69) is 69.9 Å². The number of aliphatic imine (C=N–C) groups is 1. The lowest BCUT2D eigenvalue weighted by Crippen LogP contribution is -2.40. The van der Waals surface area contributed by atoms with E-state index in [1.165, 1.54) is 11.3 Å². The minimum atomic E-state index is 0.309. The molecule has 1 aromatic heterocycles. The fourth-order valence-corrected chi connectivity index (χ4v) is 3.35. The van der Waals surface area contributed by atoms with Gasteiger partial charge >= 0.3 is 0 Å². The Bertz CT molecular complexity index is 691. The number of hydrogen-bond acceptors (Lipinski definition) is 4. The lowest BCUT2D eigenvalue weighted by Gasteiger charge is -2.23. The van der Waals surface area contributed by atoms with Crippen molar-refractivity contribution in [2.75, 3.05) is 38.1 Å². The molecular formula is C21H33N5O. The van der Waals surface area contributed by atoms with Gasteiger partial charge in [0.2, 0.25) is 0 Å². The second kappa shape index (κ2) is 10.6. The molecule has 0 spiro atoms. The van der Waals surface area contributed by atoms with Crippen LogP contribution in [0.3, 0.4) is 0 Å². The van der Waals surface area contributed by atoms with Crippen LogP contribution in [-0.4, -0.2) is 44.3 Å². The first-order chi connectivity index (χ1) is 13.1. The molecule has 2 N–H and O–H groups in total. The van der Waals surface area contributed by atoms with Crippen LogP contribution in [0.15, 0.2) is 39.8 Å². The molecule has 0 aliphatic rings. The highest BCUT2D eigenvalue weighted by atomic mass is 16.5. The molecule has 0 radical (unpaired) electrons. The van der Waals surface area contributed by atoms with Gasteiger partial charge in [0.25, 0.3) is 0 Å². The van der Waals surface area contributed by atoms with Gasteiger partial charge in [0.15, 0.2) is 5.96 Å². The Morgan fingerprint density at radius 1 is 1.22 bits per heavy atom. The summed E-state index contributed by atoms with van der Waals surface area (Å²) in [6.45, 7) is 12.0. The average molecular weight is 372 g/mol. The van der Waals surface area contributed by atoms with Gasteiger partial charge in [-0.2, -0.15) is 0 Å². The molecule has 6 heteroatoms. The van der Waals surface area contributed by atoms with E-state index in [4.69, 9.17) is 4.52 Å². The van der Waals surface area contributed by atoms with Gasteiger partial charge in [-0.1, -0.05) is 30.3 Å². The van der Waals surface area contributed by atoms with E-state index in [9.17, 15) is 0 Å². The van der Waals surface area contributed by atoms with Gasteiger partial charge in [-0.15, -0.1) is 0 Å². The van der Waals surface area contributed by atoms with E-state index in [-0.39, 0.29) is 0 Å². The fourth-order valence-electron chi connectivity index (χ4n) is 3.35. The normalized spacial score (nSPS) is 12.7. The van der Waals surface area contributed by atoms with Crippen LogP contribution in [0.5, 0.6) is 0 Å². The number of benzene rings is 1. The monoisotopic (exact) mass is 371 g/mol. The Balaban J connectivity index is 1.74. The molecular weight excluding hydrogens is 338 g/mol. The Morgan fingerprint density at radius 2 is 1.96 bits per heavy atom. The first-order valence-corrected chi connectivity index (χ1v) is 9.74. The first kappa shape index (κ1) is 20.8. The van der Waals surface area contributed by atoms with Crippen LogP contribution in [0, 0.1) is 13.8 Å². The maximum absolute atomic E-state index is 5.27. The molecule has 1 atom stereocenters. The van der Waals surface area contributed by atoms with Crippen molar-refractivity contribution in [1.29, 1.82) is 0 Å². The molecule has 0 saturated carbocycles. The van der Waals surface area contributed by atoms with Gasteiger partial charge in [-0.25, -0.2) is 0 Å². The van der Waals surface area contributed by atoms with Crippen LogP contribution >= 0.6 is 0 Å². The predicted octanol–water partition coefficient (Wildman–Crippen LogP) is 3.48. The number of nitrogens with one attached hydrogen (secondary N) is 2. The van der Waals surface area contributed by atoms with E-state index in [1.807, 2.05) is 13.8 Å². The largest absolute Gasteiger partial charge is 0.372 e. The van der Waals surface area contributed by atoms with Gasteiger partial charge in [-0.05, 0) is 39.3 Å². The molecule has 0 aliphatic carbocycles. The summed E-state index contributed by atoms with van der Waals surface area (Å²) >= 11 is 0. The lowest BCUT2D eigenvalue weighted by atomic mass is 10.00. The second-order valence-electron chi connectivity index (χ2n) is 6.79. The fraction of sp³-hybridized carbons (Fsp3) is 0.524. The molecule has 27 heavy (non-hydrogen) atoms. The average Bonchev–Trinajstić information content (AvgIpc) is 3.03. The van der Waals surface area contributed by atoms with Gasteiger partial charge in [0.05, 0.1) is 5.69 Å². The molecule has 0 bridgehead atoms. The molecule has 2 aromatic rings. The number of hydrogen-bond donors (Lipinski definition) is 2. The first-order valence-electron chi connectivity index (χ1n) is 9.74. The van der Waals surface area contributed by atoms with Crippen molar-refractivity contribution < 1.29 is 4.52 Å². The van der Waals surface area contributed by atoms with E-state index in [0.29, 0.717) is 5.92 Å². The molecule has 148 valence electrons. The number of guanidine groups is 1. The smallest absolute Gasteiger partial charge is 0.190 e. The summed E-state index contributed by atoms with van der Waals surface area (Å²) in [6.07, 6.45) is 1.04. The van der Waals surface area contributed by atoms with Crippen LogP contribution in [0.25, 0.3) is 0 Å². The number of rotatable bonds is 9. The molecule has 0 aliphatic heterocycles. The van der Waals surface area contributed by atoms with Crippen LogP contribution in [-0.2, 0) is 0 Å². The van der Waals surface area contributed by atoms with Gasteiger partial charge in [-0.3, -0.25) is 4.99 Å². The lowest BCUT2D eigenvalue weighted by molar-refractivity contribution is 0.391. The summed E-state index contributed by atoms with van der Waals surface area (Å²) in [4.78, 5) is 6.71. The molecule has 1 heterocycles. The molecule has 1 aromatic carbocycles. The molecule has 0 saturated heterocycles. The molecule has 2 rings (SSSR count). The van der Waals surface area contributed by atoms with Crippen molar-refractivity contribution in [3.8, 4) is 0 Å². The zero-order valence-corrected chi connectivity index (χ0v) is 17.2. The van der Waals surface area contributed by atoms with E-state index in [0.717, 1.165) is 50.0 Å². The predicted molar refractivity (Wildman–Crippen MR) is 113 cm³/mol. The zero-order valence-electron chi connectivity index (χ0n) is 17.2. The summed E-state index contributed by atoms with van der Waals surface area (Å²) in [5.41, 5.74) is 3.42. The van der Waals surface area contributed by atoms with Gasteiger partial charge in [0, 0.05) is 50.4 Å². The molecule has 0 fully saturated rings. The summed E-state index contributed by atoms with van der Waals surface area (Å²) in [5.74, 6) is 2.03. The minimum absolute atomic E-state index is 0.309. The topological polar surface area (TPSA) is 65.7 Å². The summed E-state index contributed by atoms with van der Waals surface area (Å²) in [5, 5.41) is 10.8. The number of para-hydroxylation sites is 1. The number of aromatic nitrogens is 1. The third-order valence-corrected chi connectivity index (χ3v) is 4.78. The Morgan fingerprint density at radius 3 is 2.56 bits per heavy atom. The summed E-state index contributed by atoms with van der Waals surface area (Å²) in [7, 11) is 1.80. The van der Waals surface area contributed by atoms with Gasteiger partial charge in [0.1, 0.15) is 5.76 Å². The zero-order chi connectivity index (χ0) is 19.6. The highest BCUT2D eigenvalue weighted by molar-refractivity contribution is 5.79. The van der Waals surface area contributed by atoms with Crippen molar-refractivity contribution in [3.05, 3.63) is 47.3 Å². The Kier molecular flexibility index (Phi) is 8.17. The van der Waals surface area contributed by atoms with Crippen molar-refractivity contribution in [1.82, 2.24) is 15.8 Å². The Labute approximate surface area is 163 Å². The molecule has 1 unspecified atom stereocenters. The maximum atomic E-state index is 5.27. The maximum Gasteiger partial charge on any atom is 0.190 e.